The van der Waals surface area contributed by atoms with Crippen molar-refractivity contribution in [1.82, 2.24) is 142 Å². The summed E-state index contributed by atoms with van der Waals surface area (Å²) >= 11 is 17.2. The molecular formula is C83H84Cl4F2LiN36NaO8. The fourth-order valence-corrected chi connectivity index (χ4v) is 13.6. The quantitative estimate of drug-likeness (QED) is 0.00877. The number of esters is 2. The minimum absolute atomic E-state index is 0. The first kappa shape index (κ1) is 104. The van der Waals surface area contributed by atoms with Crippen LogP contribution in [0.1, 0.15) is 215 Å². The fourth-order valence-electron chi connectivity index (χ4n) is 13.2. The van der Waals surface area contributed by atoms with Gasteiger partial charge in [0.15, 0.2) is 57.0 Å². The second-order valence-corrected chi connectivity index (χ2v) is 31.1. The van der Waals surface area contributed by atoms with Crippen molar-refractivity contribution < 1.29 is 96.4 Å². The van der Waals surface area contributed by atoms with Crippen LogP contribution in [-0.2, 0) is 59.4 Å². The normalized spacial score (nSPS) is 13.0. The zero-order chi connectivity index (χ0) is 91.1. The Hall–Kier alpha value is -13.5. The molecule has 0 saturated heterocycles. The second-order valence-electron chi connectivity index (χ2n) is 30.0. The van der Waals surface area contributed by atoms with Gasteiger partial charge in [-0.15, -0.1) is 45.7 Å². The van der Waals surface area contributed by atoms with E-state index in [1.807, 2.05) is 90.1 Å². The Balaban J connectivity index is 0.000000167. The number of nitrogens with one attached hydrogen (secondary N) is 1. The van der Waals surface area contributed by atoms with E-state index in [0.717, 1.165) is 79.5 Å². The predicted octanol–water partition coefficient (Wildman–Crippen LogP) is 7.27. The molecule has 22 rings (SSSR count). The van der Waals surface area contributed by atoms with Crippen LogP contribution in [0.25, 0.3) is 65.7 Å². The van der Waals surface area contributed by atoms with E-state index in [1.165, 1.54) is 126 Å². The van der Waals surface area contributed by atoms with Crippen molar-refractivity contribution in [3.63, 3.8) is 0 Å². The molecule has 0 spiro atoms. The number of halogens is 6. The van der Waals surface area contributed by atoms with Crippen molar-refractivity contribution in [2.45, 2.75) is 160 Å². The number of carbonyl (C=O) groups excluding carboxylic acids is 3. The Morgan fingerprint density at radius 1 is 0.541 bits per heavy atom. The fraction of sp³-hybridized carbons (Fsp3) is 0.325. The Morgan fingerprint density at radius 2 is 0.881 bits per heavy atom. The molecule has 0 aromatic carbocycles. The molecule has 44 nitrogen and oxygen atoms in total. The number of terminal acetylenes is 1. The maximum absolute atomic E-state index is 14.3. The molecule has 688 valence electrons. The van der Waals surface area contributed by atoms with Crippen molar-refractivity contribution in [2.75, 3.05) is 13.2 Å². The summed E-state index contributed by atoms with van der Waals surface area (Å²) in [6.07, 6.45) is 36.8. The van der Waals surface area contributed by atoms with Crippen LogP contribution in [0.5, 0.6) is 0 Å². The number of carbonyl (C=O) groups is 4. The van der Waals surface area contributed by atoms with Gasteiger partial charge in [-0.05, 0) is 156 Å². The summed E-state index contributed by atoms with van der Waals surface area (Å²) in [7, 11) is 0. The minimum Gasteiger partial charge on any atom is -0.870 e. The minimum atomic E-state index is -1.09. The summed E-state index contributed by atoms with van der Waals surface area (Å²) in [5, 5.41) is 60.9. The number of azide groups is 1. The molecule has 5 aliphatic rings. The molecule has 135 heavy (non-hydrogen) atoms. The van der Waals surface area contributed by atoms with Crippen molar-refractivity contribution in [1.29, 1.82) is 0 Å². The average Bonchev–Trinajstić information content (AvgIpc) is 1.69. The number of alkyl halides is 1. The van der Waals surface area contributed by atoms with Crippen LogP contribution in [0.2, 0.25) is 10.0 Å². The standard InChI is InChI=1S/C21H17ClFN9O.C15H16N6O2.C13H12N6O2.C10H10ClN3.C10H10N6.C8H7ClFN3.C5H6O2.CH4.ClH.Li.N3.Na.H2O/c22-14-5-6-30-11-25-16(20(30)19(14)23)7-24-21(33)17-10-31(29-27-17)8-13-9-32-18(26-13)4-3-15(28-32)12-1-2-12;1-2-23-15(22)13-9-20(19-17-13)7-11-8-21-14(16-11)6-5-12(18-21)10-3-4-10;20-13(21)11-7-18(17-15-11)5-9-6-19-12(14-9)4-3-10(16-19)8-1-2-8;11-5-8-6-14-10(12-8)4-3-9(13-14)7-1-2-7;11-15-12-5-8-6-16-10(13-8)4-3-9(14-16)7-1-2-7;9-5-1-2-13-4-12-6(3-11)8(13)7(5)10;1-3-5(6)7-4-2;;;;1-3-2;;/h3-6,9-12H,1-2,7-8H2,(H,24,33);5-6,8-10H,2-4,7H2,1H3;3-4,6-8H,1-2,5H2,(H,20,21);3-4,6-7H,1-2,5H2;3-4,6-7H,1-2,5H2;1-2,4H,3,11H2;1H,4H2,2H3;1H4;1H;;;;1H2/q;;;;;;;;;+1;-1;+1;/p-1. The number of carboxylic acid groups (broad SMARTS) is 1. The molecule has 17 aromatic heterocycles. The van der Waals surface area contributed by atoms with Gasteiger partial charge in [0.25, 0.3) is 5.91 Å². The van der Waals surface area contributed by atoms with Crippen molar-refractivity contribution >= 4 is 110 Å². The summed E-state index contributed by atoms with van der Waals surface area (Å²) in [5.41, 5.74) is 42.4. The Morgan fingerprint density at radius 3 is 1.23 bits per heavy atom. The maximum atomic E-state index is 14.3. The third-order valence-electron chi connectivity index (χ3n) is 20.2. The van der Waals surface area contributed by atoms with Gasteiger partial charge in [-0.1, -0.05) is 51.4 Å². The van der Waals surface area contributed by atoms with E-state index >= 15 is 0 Å². The molecule has 5 fully saturated rings. The number of ether oxygens (including phenoxy) is 2. The molecule has 0 aliphatic heterocycles. The first-order valence-corrected chi connectivity index (χ1v) is 42.1. The Bertz CT molecular complexity index is 7130. The number of hydrogen-bond donors (Lipinski definition) is 3. The number of nitrogens with two attached hydrogens (primary N) is 1. The smallest absolute Gasteiger partial charge is 0.870 e. The number of pyridine rings is 2. The van der Waals surface area contributed by atoms with Crippen LogP contribution < -0.4 is 59.5 Å². The van der Waals surface area contributed by atoms with E-state index in [0.29, 0.717) is 85.2 Å². The van der Waals surface area contributed by atoms with Crippen LogP contribution in [0.3, 0.4) is 0 Å². The zero-order valence-electron chi connectivity index (χ0n) is 72.2. The topological polar surface area (TPSA) is 560 Å². The number of fused-ring (bicyclic) bond motifs is 7. The number of amides is 1. The number of hydrogen-bond acceptors (Lipinski definition) is 27. The van der Waals surface area contributed by atoms with Gasteiger partial charge in [-0.3, -0.25) is 9.71 Å². The van der Waals surface area contributed by atoms with E-state index < -0.39 is 35.4 Å². The number of aromatic carboxylic acids is 1. The largest absolute Gasteiger partial charge is 1.00 e. The van der Waals surface area contributed by atoms with Crippen LogP contribution in [-0.4, -0.2) is 184 Å². The van der Waals surface area contributed by atoms with E-state index in [-0.39, 0.29) is 126 Å². The molecule has 0 bridgehead atoms. The number of rotatable bonds is 22. The SMILES string of the molecule is C.C#CC(=O)OCC.CCOC(=O)c1cn(Cc2cn3nc(C4CC4)ccc3n2)nn1.Cl.ClCc1cn2nc(C3CC3)ccc2n1.NCc1ncn2ccc(Cl)c(F)c12.O=C(NCc1ncn2ccc(Cl)c(F)c12)c1cn(Cc2cn3nc(C4CC4)ccc3n2)nn1.O=C(O)c1cn(Cc2cn3nc(C4CC4)ccc3n2)nn1.[Li+].[N-]=[N+]=NCc1cn2nc(C3CC3)ccc2n1.[N-]=[N+]=[N-].[Na+].[OH-]. The van der Waals surface area contributed by atoms with Crippen molar-refractivity contribution in [3.05, 3.63) is 281 Å². The van der Waals surface area contributed by atoms with Gasteiger partial charge in [-0.25, -0.2) is 94.7 Å². The molecule has 1 amide bonds. The van der Waals surface area contributed by atoms with Gasteiger partial charge in [0.05, 0.1) is 192 Å². The van der Waals surface area contributed by atoms with Crippen LogP contribution in [0.15, 0.2) is 153 Å². The van der Waals surface area contributed by atoms with Gasteiger partial charge in [-0.2, -0.15) is 25.5 Å². The van der Waals surface area contributed by atoms with E-state index in [4.69, 9.17) is 67.0 Å². The van der Waals surface area contributed by atoms with Crippen LogP contribution in [0.4, 0.5) is 8.78 Å². The average molecular weight is 1920 g/mol. The molecular weight excluding hydrogens is 1840 g/mol. The molecule has 52 heteroatoms. The van der Waals surface area contributed by atoms with Gasteiger partial charge in [0.1, 0.15) is 11.0 Å². The summed E-state index contributed by atoms with van der Waals surface area (Å²) in [4.78, 5) is 79.3. The number of aromatic nitrogens is 28. The summed E-state index contributed by atoms with van der Waals surface area (Å²) < 4.78 is 53.5. The molecule has 5 N–H and O–H groups in total. The zero-order valence-corrected chi connectivity index (χ0v) is 77.3. The summed E-state index contributed by atoms with van der Waals surface area (Å²) in [5.74, 6) is 1.66. The maximum Gasteiger partial charge on any atom is 1.00 e. The molecule has 5 aliphatic carbocycles. The number of nitrogens with zero attached hydrogens (tertiary/aromatic N) is 34. The molecule has 17 heterocycles. The van der Waals surface area contributed by atoms with Gasteiger partial charge >= 0.3 is 66.3 Å². The van der Waals surface area contributed by atoms with Crippen molar-refractivity contribution in [2.24, 2.45) is 10.8 Å². The van der Waals surface area contributed by atoms with Gasteiger partial charge < -0.3 is 51.0 Å². The van der Waals surface area contributed by atoms with E-state index in [2.05, 4.69) is 124 Å². The molecule has 0 unspecified atom stereocenters. The Kier molecular flexibility index (Phi) is 36.8. The van der Waals surface area contributed by atoms with Gasteiger partial charge in [0, 0.05) is 59.4 Å². The van der Waals surface area contributed by atoms with E-state index in [9.17, 15) is 28.0 Å². The molecule has 17 aromatic rings. The first-order chi connectivity index (χ1) is 63.1. The molecule has 5 saturated carbocycles. The molecule has 0 atom stereocenters. The monoisotopic (exact) mass is 1920 g/mol. The van der Waals surface area contributed by atoms with E-state index in [1.54, 1.807) is 65.5 Å². The second kappa shape index (κ2) is 47.9. The van der Waals surface area contributed by atoms with Crippen LogP contribution >= 0.6 is 47.2 Å². The summed E-state index contributed by atoms with van der Waals surface area (Å²) in [6.45, 7) is 5.75. The van der Waals surface area contributed by atoms with Crippen molar-refractivity contribution in [3.8, 4) is 12.3 Å². The Labute approximate surface area is 820 Å². The van der Waals surface area contributed by atoms with Gasteiger partial charge in [0.2, 0.25) is 0 Å². The number of imidazole rings is 7. The third-order valence-corrected chi connectivity index (χ3v) is 21.1. The molecule has 0 radical (unpaired) electrons. The first-order valence-electron chi connectivity index (χ1n) is 40.8. The predicted molar refractivity (Wildman–Crippen MR) is 478 cm³/mol. The number of carboxylic acids is 1. The third kappa shape index (κ3) is 27.0. The summed E-state index contributed by atoms with van der Waals surface area (Å²) in [6, 6.07) is 22.9. The van der Waals surface area contributed by atoms with Crippen LogP contribution in [0, 0.1) is 24.0 Å².